The van der Waals surface area contributed by atoms with Crippen LogP contribution >= 0.6 is 0 Å². The van der Waals surface area contributed by atoms with E-state index in [4.69, 9.17) is 5.73 Å². The van der Waals surface area contributed by atoms with Crippen molar-refractivity contribution in [1.82, 2.24) is 9.88 Å². The SMILES string of the molecule is CCN(Cc1ncccc1N)C1CCCCC1. The first-order valence-corrected chi connectivity index (χ1v) is 6.74. The summed E-state index contributed by atoms with van der Waals surface area (Å²) in [6.45, 7) is 4.21. The maximum Gasteiger partial charge on any atom is 0.0772 e. The number of aromatic nitrogens is 1. The van der Waals surface area contributed by atoms with Gasteiger partial charge in [0.2, 0.25) is 0 Å². The molecule has 3 heteroatoms. The molecule has 0 saturated heterocycles. The van der Waals surface area contributed by atoms with Gasteiger partial charge >= 0.3 is 0 Å². The molecule has 0 aliphatic heterocycles. The van der Waals surface area contributed by atoms with Crippen molar-refractivity contribution in [3.63, 3.8) is 0 Å². The third-order valence-electron chi connectivity index (χ3n) is 3.78. The lowest BCUT2D eigenvalue weighted by atomic mass is 9.94. The predicted molar refractivity (Wildman–Crippen MR) is 71.6 cm³/mol. The second-order valence-corrected chi connectivity index (χ2v) is 4.89. The van der Waals surface area contributed by atoms with Crippen LogP contribution in [0.4, 0.5) is 5.69 Å². The van der Waals surface area contributed by atoms with Gasteiger partial charge in [0, 0.05) is 18.8 Å². The van der Waals surface area contributed by atoms with Gasteiger partial charge < -0.3 is 5.73 Å². The van der Waals surface area contributed by atoms with Crippen LogP contribution in [0.1, 0.15) is 44.7 Å². The average molecular weight is 233 g/mol. The van der Waals surface area contributed by atoms with E-state index < -0.39 is 0 Å². The molecule has 0 bridgehead atoms. The van der Waals surface area contributed by atoms with E-state index in [1.54, 1.807) is 0 Å². The normalized spacial score (nSPS) is 17.5. The number of anilines is 1. The Morgan fingerprint density at radius 2 is 2.12 bits per heavy atom. The van der Waals surface area contributed by atoms with Gasteiger partial charge in [0.25, 0.3) is 0 Å². The molecular formula is C14H23N3. The summed E-state index contributed by atoms with van der Waals surface area (Å²) in [5.41, 5.74) is 7.81. The van der Waals surface area contributed by atoms with Crippen molar-refractivity contribution in [1.29, 1.82) is 0 Å². The highest BCUT2D eigenvalue weighted by Crippen LogP contribution is 2.24. The lowest BCUT2D eigenvalue weighted by molar-refractivity contribution is 0.154. The predicted octanol–water partition coefficient (Wildman–Crippen LogP) is 2.82. The zero-order valence-electron chi connectivity index (χ0n) is 10.7. The number of rotatable bonds is 4. The Morgan fingerprint density at radius 3 is 2.76 bits per heavy atom. The van der Waals surface area contributed by atoms with E-state index in [0.29, 0.717) is 0 Å². The van der Waals surface area contributed by atoms with Gasteiger partial charge in [-0.2, -0.15) is 0 Å². The molecule has 0 unspecified atom stereocenters. The molecule has 1 heterocycles. The lowest BCUT2D eigenvalue weighted by Gasteiger charge is -2.33. The van der Waals surface area contributed by atoms with E-state index in [9.17, 15) is 0 Å². The zero-order valence-corrected chi connectivity index (χ0v) is 10.7. The first kappa shape index (κ1) is 12.4. The molecule has 94 valence electrons. The molecule has 2 N–H and O–H groups in total. The van der Waals surface area contributed by atoms with Crippen molar-refractivity contribution in [2.24, 2.45) is 0 Å². The summed E-state index contributed by atoms with van der Waals surface area (Å²) in [4.78, 5) is 6.92. The van der Waals surface area contributed by atoms with Crippen LogP contribution in [0, 0.1) is 0 Å². The number of nitrogens with zero attached hydrogens (tertiary/aromatic N) is 2. The van der Waals surface area contributed by atoms with Crippen molar-refractivity contribution in [3.05, 3.63) is 24.0 Å². The van der Waals surface area contributed by atoms with Gasteiger partial charge in [-0.05, 0) is 31.5 Å². The summed E-state index contributed by atoms with van der Waals surface area (Å²) in [5, 5.41) is 0. The van der Waals surface area contributed by atoms with Gasteiger partial charge in [0.15, 0.2) is 0 Å². The van der Waals surface area contributed by atoms with Crippen LogP contribution in [-0.4, -0.2) is 22.5 Å². The lowest BCUT2D eigenvalue weighted by Crippen LogP contribution is -2.36. The third-order valence-corrected chi connectivity index (χ3v) is 3.78. The van der Waals surface area contributed by atoms with E-state index in [1.165, 1.54) is 32.1 Å². The van der Waals surface area contributed by atoms with Crippen LogP contribution in [-0.2, 0) is 6.54 Å². The zero-order chi connectivity index (χ0) is 12.1. The topological polar surface area (TPSA) is 42.2 Å². The Bertz CT molecular complexity index is 345. The minimum atomic E-state index is 0.732. The van der Waals surface area contributed by atoms with Crippen LogP contribution in [0.2, 0.25) is 0 Å². The smallest absolute Gasteiger partial charge is 0.0772 e. The Kier molecular flexibility index (Phi) is 4.37. The first-order valence-electron chi connectivity index (χ1n) is 6.74. The molecule has 1 aliphatic carbocycles. The number of hydrogen-bond donors (Lipinski definition) is 1. The fraction of sp³-hybridized carbons (Fsp3) is 0.643. The Balaban J connectivity index is 2.01. The molecule has 1 saturated carbocycles. The van der Waals surface area contributed by atoms with E-state index >= 15 is 0 Å². The second-order valence-electron chi connectivity index (χ2n) is 4.89. The number of nitrogens with two attached hydrogens (primary N) is 1. The molecule has 1 fully saturated rings. The molecule has 2 rings (SSSR count). The quantitative estimate of drug-likeness (QED) is 0.869. The summed E-state index contributed by atoms with van der Waals surface area (Å²) in [6, 6.07) is 4.57. The van der Waals surface area contributed by atoms with Crippen molar-refractivity contribution in [3.8, 4) is 0 Å². The molecular weight excluding hydrogens is 210 g/mol. The van der Waals surface area contributed by atoms with Gasteiger partial charge in [-0.15, -0.1) is 0 Å². The molecule has 1 aromatic rings. The molecule has 17 heavy (non-hydrogen) atoms. The highest BCUT2D eigenvalue weighted by Gasteiger charge is 2.20. The van der Waals surface area contributed by atoms with Crippen molar-refractivity contribution in [2.75, 3.05) is 12.3 Å². The average Bonchev–Trinajstić information content (AvgIpc) is 2.39. The van der Waals surface area contributed by atoms with E-state index in [2.05, 4.69) is 16.8 Å². The number of nitrogen functional groups attached to an aromatic ring is 1. The van der Waals surface area contributed by atoms with Crippen LogP contribution in [0.5, 0.6) is 0 Å². The van der Waals surface area contributed by atoms with Crippen LogP contribution in [0.3, 0.4) is 0 Å². The highest BCUT2D eigenvalue weighted by molar-refractivity contribution is 5.41. The fourth-order valence-electron chi connectivity index (χ4n) is 2.72. The Morgan fingerprint density at radius 1 is 1.35 bits per heavy atom. The van der Waals surface area contributed by atoms with Crippen molar-refractivity contribution < 1.29 is 0 Å². The third kappa shape index (κ3) is 3.19. The summed E-state index contributed by atoms with van der Waals surface area (Å²) in [5.74, 6) is 0. The maximum atomic E-state index is 5.96. The number of hydrogen-bond acceptors (Lipinski definition) is 3. The molecule has 1 aromatic heterocycles. The van der Waals surface area contributed by atoms with Crippen molar-refractivity contribution >= 4 is 5.69 Å². The molecule has 0 radical (unpaired) electrons. The molecule has 3 nitrogen and oxygen atoms in total. The fourth-order valence-corrected chi connectivity index (χ4v) is 2.72. The van der Waals surface area contributed by atoms with E-state index in [0.717, 1.165) is 30.5 Å². The highest BCUT2D eigenvalue weighted by atomic mass is 15.2. The molecule has 1 aliphatic rings. The minimum absolute atomic E-state index is 0.732. The molecule has 0 aromatic carbocycles. The van der Waals surface area contributed by atoms with Gasteiger partial charge in [0.1, 0.15) is 0 Å². The largest absolute Gasteiger partial charge is 0.397 e. The van der Waals surface area contributed by atoms with Gasteiger partial charge in [0.05, 0.1) is 11.4 Å². The van der Waals surface area contributed by atoms with E-state index in [-0.39, 0.29) is 0 Å². The summed E-state index contributed by atoms with van der Waals surface area (Å²) in [7, 11) is 0. The Labute approximate surface area is 104 Å². The van der Waals surface area contributed by atoms with Crippen LogP contribution in [0.15, 0.2) is 18.3 Å². The molecule has 0 atom stereocenters. The van der Waals surface area contributed by atoms with Gasteiger partial charge in [-0.25, -0.2) is 0 Å². The summed E-state index contributed by atoms with van der Waals surface area (Å²) in [6.07, 6.45) is 8.65. The van der Waals surface area contributed by atoms with Crippen molar-refractivity contribution in [2.45, 2.75) is 51.6 Å². The van der Waals surface area contributed by atoms with Crippen LogP contribution in [0.25, 0.3) is 0 Å². The Hall–Kier alpha value is -1.09. The molecule has 0 amide bonds. The minimum Gasteiger partial charge on any atom is -0.397 e. The van der Waals surface area contributed by atoms with Crippen LogP contribution < -0.4 is 5.73 Å². The number of pyridine rings is 1. The van der Waals surface area contributed by atoms with Gasteiger partial charge in [-0.3, -0.25) is 9.88 Å². The summed E-state index contributed by atoms with van der Waals surface area (Å²) >= 11 is 0. The molecule has 0 spiro atoms. The standard InChI is InChI=1S/C14H23N3/c1-2-17(12-7-4-3-5-8-12)11-14-13(15)9-6-10-16-14/h6,9-10,12H,2-5,7-8,11,15H2,1H3. The summed E-state index contributed by atoms with van der Waals surface area (Å²) < 4.78 is 0. The monoisotopic (exact) mass is 233 g/mol. The second kappa shape index (κ2) is 6.01. The van der Waals surface area contributed by atoms with E-state index in [1.807, 2.05) is 18.3 Å². The maximum absolute atomic E-state index is 5.96. The first-order chi connectivity index (χ1) is 8.31. The van der Waals surface area contributed by atoms with Gasteiger partial charge in [-0.1, -0.05) is 26.2 Å².